The Morgan fingerprint density at radius 1 is 1.42 bits per heavy atom. The molecule has 2 heterocycles. The number of H-pyrrole nitrogens is 1. The molecular weight excluding hydrogens is 249 g/mol. The fourth-order valence-corrected chi connectivity index (χ4v) is 2.21. The number of halogens is 1. The van der Waals surface area contributed by atoms with Gasteiger partial charge < -0.3 is 5.32 Å². The van der Waals surface area contributed by atoms with Crippen LogP contribution in [0, 0.1) is 5.82 Å². The van der Waals surface area contributed by atoms with Gasteiger partial charge in [0.2, 0.25) is 0 Å². The number of amides is 1. The summed E-state index contributed by atoms with van der Waals surface area (Å²) < 4.78 is 13.1. The van der Waals surface area contributed by atoms with E-state index in [4.69, 9.17) is 0 Å². The first-order valence-electron chi connectivity index (χ1n) is 5.98. The van der Waals surface area contributed by atoms with Gasteiger partial charge in [0.05, 0.1) is 17.3 Å². The minimum Gasteiger partial charge on any atom is -0.339 e. The van der Waals surface area contributed by atoms with Gasteiger partial charge in [-0.3, -0.25) is 14.9 Å². The highest BCUT2D eigenvalue weighted by molar-refractivity contribution is 5.94. The monoisotopic (exact) mass is 261 g/mol. The summed E-state index contributed by atoms with van der Waals surface area (Å²) in [6.45, 7) is 0. The van der Waals surface area contributed by atoms with Gasteiger partial charge in [0, 0.05) is 6.20 Å². The Hall–Kier alpha value is -2.31. The van der Waals surface area contributed by atoms with Crippen LogP contribution in [0.4, 0.5) is 4.39 Å². The number of carbonyl (C=O) groups is 1. The number of carbonyl (C=O) groups excluding carboxylic acids is 1. The SMILES string of the molecule is O=C(NC1(c2ncn[nH]2)CCC1)c1cncc(F)c1. The van der Waals surface area contributed by atoms with Crippen LogP contribution in [-0.2, 0) is 5.54 Å². The number of nitrogens with one attached hydrogen (secondary N) is 2. The molecule has 2 aromatic rings. The van der Waals surface area contributed by atoms with Crippen molar-refractivity contribution in [1.29, 1.82) is 0 Å². The molecule has 1 aliphatic carbocycles. The number of pyridine rings is 1. The van der Waals surface area contributed by atoms with Crippen molar-refractivity contribution in [1.82, 2.24) is 25.5 Å². The molecular formula is C12H12FN5O. The van der Waals surface area contributed by atoms with Gasteiger partial charge in [0.1, 0.15) is 18.0 Å². The molecule has 0 aromatic carbocycles. The second-order valence-electron chi connectivity index (χ2n) is 4.62. The van der Waals surface area contributed by atoms with Crippen LogP contribution in [-0.4, -0.2) is 26.1 Å². The van der Waals surface area contributed by atoms with Crippen molar-refractivity contribution < 1.29 is 9.18 Å². The zero-order valence-electron chi connectivity index (χ0n) is 10.1. The van der Waals surface area contributed by atoms with E-state index in [0.717, 1.165) is 31.5 Å². The van der Waals surface area contributed by atoms with Crippen LogP contribution in [0.2, 0.25) is 0 Å². The van der Waals surface area contributed by atoms with Gasteiger partial charge >= 0.3 is 0 Å². The molecule has 1 amide bonds. The lowest BCUT2D eigenvalue weighted by atomic mass is 9.76. The summed E-state index contributed by atoms with van der Waals surface area (Å²) in [5, 5.41) is 9.48. The van der Waals surface area contributed by atoms with E-state index >= 15 is 0 Å². The molecule has 0 unspecified atom stereocenters. The largest absolute Gasteiger partial charge is 0.339 e. The van der Waals surface area contributed by atoms with Gasteiger partial charge in [0.15, 0.2) is 0 Å². The summed E-state index contributed by atoms with van der Waals surface area (Å²) in [7, 11) is 0. The zero-order chi connectivity index (χ0) is 13.3. The minimum absolute atomic E-state index is 0.200. The molecule has 0 saturated heterocycles. The molecule has 0 atom stereocenters. The Morgan fingerprint density at radius 3 is 2.84 bits per heavy atom. The first-order valence-corrected chi connectivity index (χ1v) is 5.98. The van der Waals surface area contributed by atoms with Crippen LogP contribution in [0.1, 0.15) is 35.4 Å². The minimum atomic E-state index is -0.532. The topological polar surface area (TPSA) is 83.6 Å². The normalized spacial score (nSPS) is 16.7. The summed E-state index contributed by atoms with van der Waals surface area (Å²) in [5.41, 5.74) is -0.314. The second kappa shape index (κ2) is 4.42. The molecule has 1 aliphatic rings. The maximum atomic E-state index is 13.1. The first-order chi connectivity index (χ1) is 9.20. The molecule has 2 aromatic heterocycles. The van der Waals surface area contributed by atoms with Crippen LogP contribution in [0.5, 0.6) is 0 Å². The highest BCUT2D eigenvalue weighted by atomic mass is 19.1. The predicted molar refractivity (Wildman–Crippen MR) is 63.6 cm³/mol. The number of hydrogen-bond acceptors (Lipinski definition) is 4. The molecule has 0 bridgehead atoms. The molecule has 7 heteroatoms. The van der Waals surface area contributed by atoms with Crippen molar-refractivity contribution in [3.8, 4) is 0 Å². The Morgan fingerprint density at radius 2 is 2.26 bits per heavy atom. The highest BCUT2D eigenvalue weighted by Gasteiger charge is 2.42. The summed E-state index contributed by atoms with van der Waals surface area (Å²) in [5.74, 6) is -0.255. The van der Waals surface area contributed by atoms with Crippen LogP contribution in [0.25, 0.3) is 0 Å². The van der Waals surface area contributed by atoms with E-state index in [1.807, 2.05) is 0 Å². The fourth-order valence-electron chi connectivity index (χ4n) is 2.21. The van der Waals surface area contributed by atoms with Crippen LogP contribution < -0.4 is 5.32 Å². The summed E-state index contributed by atoms with van der Waals surface area (Å²) >= 11 is 0. The molecule has 1 saturated carbocycles. The smallest absolute Gasteiger partial charge is 0.253 e. The van der Waals surface area contributed by atoms with Crippen LogP contribution >= 0.6 is 0 Å². The van der Waals surface area contributed by atoms with Crippen molar-refractivity contribution in [3.05, 3.63) is 42.0 Å². The highest BCUT2D eigenvalue weighted by Crippen LogP contribution is 2.39. The predicted octanol–water partition coefficient (Wildman–Crippen LogP) is 1.15. The number of nitrogens with zero attached hydrogens (tertiary/aromatic N) is 3. The third-order valence-corrected chi connectivity index (χ3v) is 3.40. The molecule has 6 nitrogen and oxygen atoms in total. The number of hydrogen-bond donors (Lipinski definition) is 2. The number of rotatable bonds is 3. The quantitative estimate of drug-likeness (QED) is 0.868. The van der Waals surface area contributed by atoms with Crippen LogP contribution in [0.15, 0.2) is 24.8 Å². The lowest BCUT2D eigenvalue weighted by molar-refractivity contribution is 0.0809. The molecule has 0 spiro atoms. The van der Waals surface area contributed by atoms with E-state index < -0.39 is 11.4 Å². The molecule has 3 rings (SSSR count). The van der Waals surface area contributed by atoms with E-state index in [9.17, 15) is 9.18 Å². The molecule has 0 radical (unpaired) electrons. The summed E-state index contributed by atoms with van der Waals surface area (Å²) in [6.07, 6.45) is 6.39. The van der Waals surface area contributed by atoms with Crippen molar-refractivity contribution in [2.45, 2.75) is 24.8 Å². The standard InChI is InChI=1S/C12H12FN5O/c13-9-4-8(5-14-6-9)10(19)17-12(2-1-3-12)11-15-7-16-18-11/h4-7H,1-3H2,(H,17,19)(H,15,16,18). The third kappa shape index (κ3) is 2.07. The Labute approximate surface area is 108 Å². The molecule has 2 N–H and O–H groups in total. The molecule has 1 fully saturated rings. The lowest BCUT2D eigenvalue weighted by Crippen LogP contribution is -2.51. The summed E-state index contributed by atoms with van der Waals surface area (Å²) in [6, 6.07) is 1.16. The van der Waals surface area contributed by atoms with E-state index in [1.54, 1.807) is 0 Å². The van der Waals surface area contributed by atoms with Gasteiger partial charge in [-0.05, 0) is 25.3 Å². The molecule has 19 heavy (non-hydrogen) atoms. The maximum absolute atomic E-state index is 13.1. The van der Waals surface area contributed by atoms with E-state index in [-0.39, 0.29) is 11.5 Å². The number of aromatic nitrogens is 4. The van der Waals surface area contributed by atoms with Crippen molar-refractivity contribution in [2.24, 2.45) is 0 Å². The fraction of sp³-hybridized carbons (Fsp3) is 0.333. The second-order valence-corrected chi connectivity index (χ2v) is 4.62. The van der Waals surface area contributed by atoms with Crippen molar-refractivity contribution in [2.75, 3.05) is 0 Å². The van der Waals surface area contributed by atoms with Gasteiger partial charge in [-0.1, -0.05) is 0 Å². The Balaban J connectivity index is 1.82. The molecule has 98 valence electrons. The summed E-state index contributed by atoms with van der Waals surface area (Å²) in [4.78, 5) is 19.9. The molecule has 0 aliphatic heterocycles. The zero-order valence-corrected chi connectivity index (χ0v) is 10.1. The van der Waals surface area contributed by atoms with E-state index in [0.29, 0.717) is 5.82 Å². The lowest BCUT2D eigenvalue weighted by Gasteiger charge is -2.40. The number of aromatic amines is 1. The van der Waals surface area contributed by atoms with Gasteiger partial charge in [-0.2, -0.15) is 5.10 Å². The van der Waals surface area contributed by atoms with Gasteiger partial charge in [-0.25, -0.2) is 9.37 Å². The maximum Gasteiger partial charge on any atom is 0.253 e. The Kier molecular flexibility index (Phi) is 2.73. The van der Waals surface area contributed by atoms with Gasteiger partial charge in [-0.15, -0.1) is 0 Å². The van der Waals surface area contributed by atoms with E-state index in [1.165, 1.54) is 12.5 Å². The Bertz CT molecular complexity index is 594. The average molecular weight is 261 g/mol. The average Bonchev–Trinajstić information content (AvgIpc) is 2.87. The third-order valence-electron chi connectivity index (χ3n) is 3.40. The van der Waals surface area contributed by atoms with Gasteiger partial charge in [0.25, 0.3) is 5.91 Å². The van der Waals surface area contributed by atoms with E-state index in [2.05, 4.69) is 25.5 Å². The van der Waals surface area contributed by atoms with Crippen molar-refractivity contribution in [3.63, 3.8) is 0 Å². The van der Waals surface area contributed by atoms with Crippen LogP contribution in [0.3, 0.4) is 0 Å². The van der Waals surface area contributed by atoms with Crippen molar-refractivity contribution >= 4 is 5.91 Å². The first kappa shape index (κ1) is 11.8.